The molecule has 2 aromatic heterocycles. The Morgan fingerprint density at radius 1 is 1.50 bits per heavy atom. The van der Waals surface area contributed by atoms with Crippen molar-refractivity contribution in [3.63, 3.8) is 0 Å². The lowest BCUT2D eigenvalue weighted by Gasteiger charge is -2.08. The first-order valence-corrected chi connectivity index (χ1v) is 4.79. The van der Waals surface area contributed by atoms with Crippen LogP contribution in [0.2, 0.25) is 0 Å². The van der Waals surface area contributed by atoms with Crippen molar-refractivity contribution in [2.45, 2.75) is 13.3 Å². The Balaban J connectivity index is 2.36. The molecule has 14 heavy (non-hydrogen) atoms. The third kappa shape index (κ3) is 1.61. The number of hydrogen-bond acceptors (Lipinski definition) is 3. The summed E-state index contributed by atoms with van der Waals surface area (Å²) in [4.78, 5) is 0. The summed E-state index contributed by atoms with van der Waals surface area (Å²) >= 11 is 0. The molecule has 0 amide bonds. The molecule has 2 N–H and O–H groups in total. The second-order valence-corrected chi connectivity index (χ2v) is 3.63. The first-order valence-electron chi connectivity index (χ1n) is 4.79. The lowest BCUT2D eigenvalue weighted by atomic mass is 10.1. The molecule has 0 spiro atoms. The second-order valence-electron chi connectivity index (χ2n) is 3.63. The van der Waals surface area contributed by atoms with Gasteiger partial charge in [-0.25, -0.2) is 4.52 Å². The molecule has 0 fully saturated rings. The SMILES string of the molecule is CC(CN)Cc1cccc2cnnn12. The van der Waals surface area contributed by atoms with Gasteiger partial charge in [-0.05, 0) is 31.0 Å². The van der Waals surface area contributed by atoms with E-state index in [4.69, 9.17) is 5.73 Å². The summed E-state index contributed by atoms with van der Waals surface area (Å²) in [7, 11) is 0. The van der Waals surface area contributed by atoms with Crippen LogP contribution in [0, 0.1) is 5.92 Å². The Labute approximate surface area is 82.7 Å². The zero-order valence-electron chi connectivity index (χ0n) is 8.22. The largest absolute Gasteiger partial charge is 0.330 e. The number of fused-ring (bicyclic) bond motifs is 1. The summed E-state index contributed by atoms with van der Waals surface area (Å²) in [5, 5.41) is 7.91. The minimum atomic E-state index is 0.477. The van der Waals surface area contributed by atoms with Gasteiger partial charge in [0.2, 0.25) is 0 Å². The van der Waals surface area contributed by atoms with E-state index in [9.17, 15) is 0 Å². The molecule has 0 aromatic carbocycles. The number of nitrogens with zero attached hydrogens (tertiary/aromatic N) is 3. The zero-order valence-corrected chi connectivity index (χ0v) is 8.22. The minimum Gasteiger partial charge on any atom is -0.330 e. The average molecular weight is 190 g/mol. The van der Waals surface area contributed by atoms with Crippen molar-refractivity contribution in [1.82, 2.24) is 14.8 Å². The van der Waals surface area contributed by atoms with Gasteiger partial charge in [0.15, 0.2) is 0 Å². The third-order valence-electron chi connectivity index (χ3n) is 2.36. The van der Waals surface area contributed by atoms with Gasteiger partial charge in [0, 0.05) is 5.69 Å². The van der Waals surface area contributed by atoms with Crippen LogP contribution in [0.15, 0.2) is 24.4 Å². The van der Waals surface area contributed by atoms with Crippen molar-refractivity contribution in [2.24, 2.45) is 11.7 Å². The Hall–Kier alpha value is -1.42. The van der Waals surface area contributed by atoms with Gasteiger partial charge in [-0.1, -0.05) is 18.2 Å². The lowest BCUT2D eigenvalue weighted by molar-refractivity contribution is 0.572. The van der Waals surface area contributed by atoms with Gasteiger partial charge in [-0.2, -0.15) is 0 Å². The van der Waals surface area contributed by atoms with Crippen molar-refractivity contribution in [3.05, 3.63) is 30.1 Å². The number of nitrogens with two attached hydrogens (primary N) is 1. The molecule has 2 rings (SSSR count). The fourth-order valence-electron chi connectivity index (χ4n) is 1.50. The van der Waals surface area contributed by atoms with Crippen molar-refractivity contribution in [3.8, 4) is 0 Å². The van der Waals surface area contributed by atoms with E-state index in [1.54, 1.807) is 6.20 Å². The van der Waals surface area contributed by atoms with E-state index in [1.807, 2.05) is 16.6 Å². The highest BCUT2D eigenvalue weighted by Crippen LogP contribution is 2.09. The summed E-state index contributed by atoms with van der Waals surface area (Å²) in [6.07, 6.45) is 2.70. The average Bonchev–Trinajstić information content (AvgIpc) is 2.66. The van der Waals surface area contributed by atoms with E-state index in [0.29, 0.717) is 12.5 Å². The van der Waals surface area contributed by atoms with Gasteiger partial charge in [0.05, 0.1) is 11.7 Å². The minimum absolute atomic E-state index is 0.477. The van der Waals surface area contributed by atoms with Crippen LogP contribution in [0.4, 0.5) is 0 Å². The topological polar surface area (TPSA) is 56.2 Å². The van der Waals surface area contributed by atoms with Crippen LogP contribution in [0.3, 0.4) is 0 Å². The van der Waals surface area contributed by atoms with Crippen LogP contribution in [0.5, 0.6) is 0 Å². The maximum atomic E-state index is 5.59. The molecule has 0 saturated heterocycles. The molecule has 0 aliphatic rings. The van der Waals surface area contributed by atoms with E-state index < -0.39 is 0 Å². The van der Waals surface area contributed by atoms with E-state index in [2.05, 4.69) is 23.3 Å². The van der Waals surface area contributed by atoms with Crippen LogP contribution in [0.25, 0.3) is 5.52 Å². The van der Waals surface area contributed by atoms with Gasteiger partial charge in [0.25, 0.3) is 0 Å². The van der Waals surface area contributed by atoms with Crippen LogP contribution >= 0.6 is 0 Å². The Morgan fingerprint density at radius 3 is 3.14 bits per heavy atom. The Bertz CT molecular complexity index is 421. The number of aromatic nitrogens is 3. The number of hydrogen-bond donors (Lipinski definition) is 1. The number of rotatable bonds is 3. The lowest BCUT2D eigenvalue weighted by Crippen LogP contribution is -2.15. The smallest absolute Gasteiger partial charge is 0.0868 e. The predicted molar refractivity (Wildman–Crippen MR) is 54.9 cm³/mol. The maximum absolute atomic E-state index is 5.59. The van der Waals surface area contributed by atoms with Gasteiger partial charge >= 0.3 is 0 Å². The predicted octanol–water partition coefficient (Wildman–Crippen LogP) is 0.867. The zero-order chi connectivity index (χ0) is 9.97. The second kappa shape index (κ2) is 3.75. The molecule has 1 atom stereocenters. The highest BCUT2D eigenvalue weighted by atomic mass is 15.4. The van der Waals surface area contributed by atoms with E-state index in [0.717, 1.165) is 17.6 Å². The van der Waals surface area contributed by atoms with Crippen LogP contribution in [-0.2, 0) is 6.42 Å². The number of pyridine rings is 1. The van der Waals surface area contributed by atoms with Crippen molar-refractivity contribution in [2.75, 3.05) is 6.54 Å². The molecular weight excluding hydrogens is 176 g/mol. The van der Waals surface area contributed by atoms with Crippen molar-refractivity contribution in [1.29, 1.82) is 0 Å². The molecule has 74 valence electrons. The molecular formula is C10H14N4. The van der Waals surface area contributed by atoms with Gasteiger partial charge < -0.3 is 5.73 Å². The van der Waals surface area contributed by atoms with Crippen LogP contribution in [-0.4, -0.2) is 21.4 Å². The molecule has 2 heterocycles. The molecule has 0 saturated carbocycles. The monoisotopic (exact) mass is 190 g/mol. The highest BCUT2D eigenvalue weighted by molar-refractivity contribution is 5.43. The maximum Gasteiger partial charge on any atom is 0.0868 e. The van der Waals surface area contributed by atoms with Gasteiger partial charge in [-0.3, -0.25) is 0 Å². The van der Waals surface area contributed by atoms with Crippen LogP contribution in [0.1, 0.15) is 12.6 Å². The molecule has 2 aromatic rings. The molecule has 4 heteroatoms. The summed E-state index contributed by atoms with van der Waals surface area (Å²) in [5.74, 6) is 0.477. The van der Waals surface area contributed by atoms with Crippen molar-refractivity contribution < 1.29 is 0 Å². The normalized spacial score (nSPS) is 13.3. The summed E-state index contributed by atoms with van der Waals surface area (Å²) < 4.78 is 1.87. The van der Waals surface area contributed by atoms with Crippen LogP contribution < -0.4 is 5.73 Å². The fourth-order valence-corrected chi connectivity index (χ4v) is 1.50. The molecule has 4 nitrogen and oxygen atoms in total. The molecule has 1 unspecified atom stereocenters. The highest BCUT2D eigenvalue weighted by Gasteiger charge is 2.05. The molecule has 0 radical (unpaired) electrons. The quantitative estimate of drug-likeness (QED) is 0.781. The third-order valence-corrected chi connectivity index (χ3v) is 2.36. The molecule has 0 aliphatic carbocycles. The molecule has 0 bridgehead atoms. The van der Waals surface area contributed by atoms with Crippen molar-refractivity contribution >= 4 is 5.52 Å². The molecule has 0 aliphatic heterocycles. The van der Waals surface area contributed by atoms with Gasteiger partial charge in [-0.15, -0.1) is 5.10 Å². The standard InChI is InChI=1S/C10H14N4/c1-8(6-11)5-9-3-2-4-10-7-12-13-14(9)10/h2-4,7-8H,5-6,11H2,1H3. The van der Waals surface area contributed by atoms with E-state index in [-0.39, 0.29) is 0 Å². The first kappa shape index (κ1) is 9.15. The first-order chi connectivity index (χ1) is 6.81. The Kier molecular flexibility index (Phi) is 2.45. The van der Waals surface area contributed by atoms with E-state index >= 15 is 0 Å². The summed E-state index contributed by atoms with van der Waals surface area (Å²) in [6.45, 7) is 2.83. The summed E-state index contributed by atoms with van der Waals surface area (Å²) in [5.41, 5.74) is 7.79. The fraction of sp³-hybridized carbons (Fsp3) is 0.400. The van der Waals surface area contributed by atoms with Gasteiger partial charge in [0.1, 0.15) is 0 Å². The summed E-state index contributed by atoms with van der Waals surface area (Å²) in [6, 6.07) is 6.09. The van der Waals surface area contributed by atoms with E-state index in [1.165, 1.54) is 0 Å². The Morgan fingerprint density at radius 2 is 2.36 bits per heavy atom.